The van der Waals surface area contributed by atoms with Crippen molar-refractivity contribution in [2.75, 3.05) is 11.5 Å². The first-order valence-electron chi connectivity index (χ1n) is 10.9. The number of hydrogen-bond acceptors (Lipinski definition) is 2. The summed E-state index contributed by atoms with van der Waals surface area (Å²) in [4.78, 5) is 0. The van der Waals surface area contributed by atoms with Crippen LogP contribution in [-0.4, -0.2) is 0 Å². The molecule has 148 valence electrons. The van der Waals surface area contributed by atoms with E-state index in [-0.39, 0.29) is 0 Å². The van der Waals surface area contributed by atoms with Crippen LogP contribution < -0.4 is 11.5 Å². The van der Waals surface area contributed by atoms with Crippen molar-refractivity contribution in [2.45, 2.75) is 64.7 Å². The quantitative estimate of drug-likeness (QED) is 0.288. The summed E-state index contributed by atoms with van der Waals surface area (Å²) in [5.41, 5.74) is 18.3. The van der Waals surface area contributed by atoms with Crippen molar-refractivity contribution in [1.29, 1.82) is 0 Å². The molecule has 3 rings (SSSR count). The van der Waals surface area contributed by atoms with Crippen molar-refractivity contribution < 1.29 is 0 Å². The zero-order chi connectivity index (χ0) is 19.8. The van der Waals surface area contributed by atoms with E-state index in [1.165, 1.54) is 62.3 Å². The molecule has 0 unspecified atom stereocenters. The van der Waals surface area contributed by atoms with E-state index in [1.807, 2.05) is 18.2 Å². The number of benzene rings is 3. The van der Waals surface area contributed by atoms with Gasteiger partial charge in [-0.25, -0.2) is 0 Å². The molecular weight excluding hydrogens is 340 g/mol. The molecule has 0 atom stereocenters. The van der Waals surface area contributed by atoms with Gasteiger partial charge in [0.2, 0.25) is 0 Å². The molecule has 0 heterocycles. The Labute approximate surface area is 169 Å². The molecule has 3 aromatic carbocycles. The first-order chi connectivity index (χ1) is 13.7. The fourth-order valence-corrected chi connectivity index (χ4v) is 4.18. The minimum atomic E-state index is 0.791. The number of nitrogens with two attached hydrogens (primary N) is 2. The Morgan fingerprint density at radius 2 is 1.18 bits per heavy atom. The molecule has 0 bridgehead atoms. The molecule has 0 aliphatic rings. The topological polar surface area (TPSA) is 52.0 Å². The van der Waals surface area contributed by atoms with Crippen LogP contribution in [0.4, 0.5) is 11.4 Å². The highest BCUT2D eigenvalue weighted by molar-refractivity contribution is 6.08. The van der Waals surface area contributed by atoms with Gasteiger partial charge >= 0.3 is 0 Å². The van der Waals surface area contributed by atoms with Crippen molar-refractivity contribution in [2.24, 2.45) is 0 Å². The third-order valence-electron chi connectivity index (χ3n) is 5.75. The van der Waals surface area contributed by atoms with Gasteiger partial charge in [-0.1, -0.05) is 106 Å². The van der Waals surface area contributed by atoms with Crippen LogP contribution in [0.3, 0.4) is 0 Å². The summed E-state index contributed by atoms with van der Waals surface area (Å²) in [6.45, 7) is 2.27. The average Bonchev–Trinajstić information content (AvgIpc) is 2.73. The molecule has 0 spiro atoms. The zero-order valence-electron chi connectivity index (χ0n) is 17.2. The molecule has 0 saturated carbocycles. The second-order valence-corrected chi connectivity index (χ2v) is 7.82. The van der Waals surface area contributed by atoms with Gasteiger partial charge in [-0.05, 0) is 29.4 Å². The second-order valence-electron chi connectivity index (χ2n) is 7.82. The molecule has 0 aromatic heterocycles. The van der Waals surface area contributed by atoms with Crippen LogP contribution in [0.1, 0.15) is 63.9 Å². The third kappa shape index (κ3) is 4.67. The lowest BCUT2D eigenvalue weighted by molar-refractivity contribution is 0.576. The molecule has 0 fully saturated rings. The van der Waals surface area contributed by atoms with Crippen LogP contribution in [0.2, 0.25) is 0 Å². The van der Waals surface area contributed by atoms with Gasteiger partial charge in [-0.2, -0.15) is 0 Å². The number of nitrogen functional groups attached to an aromatic ring is 2. The van der Waals surface area contributed by atoms with Gasteiger partial charge in [-0.15, -0.1) is 0 Å². The summed E-state index contributed by atoms with van der Waals surface area (Å²) in [7, 11) is 0. The van der Waals surface area contributed by atoms with E-state index >= 15 is 0 Å². The van der Waals surface area contributed by atoms with E-state index < -0.39 is 0 Å². The molecule has 0 amide bonds. The maximum Gasteiger partial charge on any atom is 0.0494 e. The molecule has 2 nitrogen and oxygen atoms in total. The minimum Gasteiger partial charge on any atom is -0.398 e. The third-order valence-corrected chi connectivity index (χ3v) is 5.75. The van der Waals surface area contributed by atoms with Gasteiger partial charge < -0.3 is 11.5 Å². The number of hydrogen-bond donors (Lipinski definition) is 2. The second kappa shape index (κ2) is 10.2. The first kappa shape index (κ1) is 20.3. The Balaban J connectivity index is 1.80. The average molecular weight is 375 g/mol. The number of aryl methyl sites for hydroxylation is 1. The van der Waals surface area contributed by atoms with Gasteiger partial charge in [0.05, 0.1) is 0 Å². The summed E-state index contributed by atoms with van der Waals surface area (Å²) in [6.07, 6.45) is 11.6. The fourth-order valence-electron chi connectivity index (χ4n) is 4.18. The number of rotatable bonds is 10. The Morgan fingerprint density at radius 1 is 0.607 bits per heavy atom. The highest BCUT2D eigenvalue weighted by atomic mass is 14.6. The molecule has 2 heteroatoms. The molecular formula is C26H34N2. The van der Waals surface area contributed by atoms with Crippen LogP contribution in [-0.2, 0) is 6.42 Å². The Morgan fingerprint density at radius 3 is 1.86 bits per heavy atom. The van der Waals surface area contributed by atoms with Crippen LogP contribution >= 0.6 is 0 Å². The highest BCUT2D eigenvalue weighted by Gasteiger charge is 2.16. The maximum atomic E-state index is 6.70. The normalized spacial score (nSPS) is 11.2. The largest absolute Gasteiger partial charge is 0.398 e. The molecule has 0 aliphatic heterocycles. The van der Waals surface area contributed by atoms with E-state index in [9.17, 15) is 0 Å². The van der Waals surface area contributed by atoms with Crippen molar-refractivity contribution in [3.05, 3.63) is 60.2 Å². The van der Waals surface area contributed by atoms with Crippen LogP contribution in [0.15, 0.2) is 54.6 Å². The summed E-state index contributed by atoms with van der Waals surface area (Å²) in [5, 5.41) is 2.32. The van der Waals surface area contributed by atoms with Crippen LogP contribution in [0.25, 0.3) is 21.9 Å². The Hall–Kier alpha value is -2.48. The Bertz CT molecular complexity index is 884. The first-order valence-corrected chi connectivity index (χ1v) is 10.9. The van der Waals surface area contributed by atoms with Gasteiger partial charge in [-0.3, -0.25) is 0 Å². The van der Waals surface area contributed by atoms with Gasteiger partial charge in [0, 0.05) is 22.3 Å². The minimum absolute atomic E-state index is 0.791. The van der Waals surface area contributed by atoms with Crippen molar-refractivity contribution >= 4 is 22.1 Å². The molecule has 3 aromatic rings. The molecule has 0 saturated heterocycles. The van der Waals surface area contributed by atoms with E-state index in [1.54, 1.807) is 0 Å². The predicted octanol–water partition coefficient (Wildman–Crippen LogP) is 7.35. The fraction of sp³-hybridized carbons (Fsp3) is 0.385. The Kier molecular flexibility index (Phi) is 7.36. The monoisotopic (exact) mass is 374 g/mol. The summed E-state index contributed by atoms with van der Waals surface area (Å²) < 4.78 is 0. The lowest BCUT2D eigenvalue weighted by Gasteiger charge is -2.18. The van der Waals surface area contributed by atoms with E-state index in [4.69, 9.17) is 11.5 Å². The van der Waals surface area contributed by atoms with Gasteiger partial charge in [0.25, 0.3) is 0 Å². The predicted molar refractivity (Wildman–Crippen MR) is 125 cm³/mol. The molecule has 28 heavy (non-hydrogen) atoms. The summed E-state index contributed by atoms with van der Waals surface area (Å²) in [5.74, 6) is 0. The number of fused-ring (bicyclic) bond motifs is 1. The van der Waals surface area contributed by atoms with E-state index in [2.05, 4.69) is 43.3 Å². The lowest BCUT2D eigenvalue weighted by atomic mass is 9.90. The molecule has 0 radical (unpaired) electrons. The molecule has 4 N–H and O–H groups in total. The standard InChI is InChI=1S/C26H34N2/c1-2-3-4-5-6-7-8-12-18-22-21-17-13-14-19-23(21)26(28)24(25(22)27)20-15-10-9-11-16-20/h9-11,13-17,19H,2-8,12,18,27-28H2,1H3. The van der Waals surface area contributed by atoms with Crippen molar-refractivity contribution in [3.8, 4) is 11.1 Å². The molecule has 0 aliphatic carbocycles. The maximum absolute atomic E-state index is 6.70. The lowest BCUT2D eigenvalue weighted by Crippen LogP contribution is -2.04. The van der Waals surface area contributed by atoms with Crippen LogP contribution in [0, 0.1) is 0 Å². The van der Waals surface area contributed by atoms with Gasteiger partial charge in [0.15, 0.2) is 0 Å². The SMILES string of the molecule is CCCCCCCCCCc1c(N)c(-c2ccccc2)c(N)c2ccccc12. The van der Waals surface area contributed by atoms with Crippen LogP contribution in [0.5, 0.6) is 0 Å². The smallest absolute Gasteiger partial charge is 0.0494 e. The number of unbranched alkanes of at least 4 members (excludes halogenated alkanes) is 7. The zero-order valence-corrected chi connectivity index (χ0v) is 17.2. The summed E-state index contributed by atoms with van der Waals surface area (Å²) in [6, 6.07) is 18.7. The highest BCUT2D eigenvalue weighted by Crippen LogP contribution is 2.41. The number of anilines is 2. The van der Waals surface area contributed by atoms with E-state index in [0.717, 1.165) is 34.3 Å². The van der Waals surface area contributed by atoms with Gasteiger partial charge in [0.1, 0.15) is 0 Å². The van der Waals surface area contributed by atoms with Crippen molar-refractivity contribution in [1.82, 2.24) is 0 Å². The van der Waals surface area contributed by atoms with E-state index in [0.29, 0.717) is 0 Å². The van der Waals surface area contributed by atoms with Crippen molar-refractivity contribution in [3.63, 3.8) is 0 Å². The summed E-state index contributed by atoms with van der Waals surface area (Å²) >= 11 is 0.